The number of carbonyl (C=O) groups is 1. The summed E-state index contributed by atoms with van der Waals surface area (Å²) >= 11 is 3.00. The zero-order valence-electron chi connectivity index (χ0n) is 8.01. The summed E-state index contributed by atoms with van der Waals surface area (Å²) in [4.78, 5) is 10.1. The van der Waals surface area contributed by atoms with Crippen LogP contribution in [-0.4, -0.2) is 17.6 Å². The van der Waals surface area contributed by atoms with Gasteiger partial charge in [0.15, 0.2) is 0 Å². The van der Waals surface area contributed by atoms with E-state index < -0.39 is 17.6 Å². The first-order chi connectivity index (χ1) is 7.50. The molecular formula is C10H8BrF2NO2. The molecule has 0 amide bonds. The van der Waals surface area contributed by atoms with E-state index in [4.69, 9.17) is 5.11 Å². The molecule has 0 saturated carbocycles. The number of halogens is 3. The van der Waals surface area contributed by atoms with E-state index in [0.717, 1.165) is 18.2 Å². The Bertz CT molecular complexity index is 412. The maximum atomic E-state index is 13.2. The van der Waals surface area contributed by atoms with Crippen molar-refractivity contribution in [3.63, 3.8) is 0 Å². The van der Waals surface area contributed by atoms with E-state index in [9.17, 15) is 13.6 Å². The van der Waals surface area contributed by atoms with Crippen LogP contribution in [0.5, 0.6) is 0 Å². The number of carboxylic acids is 1. The smallest absolute Gasteiger partial charge is 0.328 e. The minimum Gasteiger partial charge on any atom is -0.478 e. The van der Waals surface area contributed by atoms with Crippen LogP contribution in [0, 0.1) is 11.6 Å². The predicted octanol–water partition coefficient (Wildman–Crippen LogP) is 2.78. The van der Waals surface area contributed by atoms with Gasteiger partial charge in [0.2, 0.25) is 0 Å². The highest BCUT2D eigenvalue weighted by Gasteiger charge is 2.08. The summed E-state index contributed by atoms with van der Waals surface area (Å²) < 4.78 is 26.2. The van der Waals surface area contributed by atoms with Gasteiger partial charge >= 0.3 is 5.97 Å². The third-order valence-corrected chi connectivity index (χ3v) is 2.29. The first kappa shape index (κ1) is 12.6. The van der Waals surface area contributed by atoms with Crippen LogP contribution in [0.1, 0.15) is 0 Å². The Balaban J connectivity index is 2.71. The molecule has 0 bridgehead atoms. The Morgan fingerprint density at radius 2 is 2.19 bits per heavy atom. The number of anilines is 1. The van der Waals surface area contributed by atoms with Crippen LogP contribution in [-0.2, 0) is 4.79 Å². The maximum Gasteiger partial charge on any atom is 0.328 e. The zero-order chi connectivity index (χ0) is 12.1. The minimum atomic E-state index is -1.08. The zero-order valence-corrected chi connectivity index (χ0v) is 9.59. The number of hydrogen-bond donors (Lipinski definition) is 2. The average Bonchev–Trinajstić information content (AvgIpc) is 2.14. The Morgan fingerprint density at radius 3 is 2.75 bits per heavy atom. The van der Waals surface area contributed by atoms with Crippen LogP contribution in [0.4, 0.5) is 14.5 Å². The quantitative estimate of drug-likeness (QED) is 0.839. The lowest BCUT2D eigenvalue weighted by Gasteiger charge is -2.07. The number of rotatable bonds is 4. The molecule has 0 heterocycles. The van der Waals surface area contributed by atoms with Crippen molar-refractivity contribution in [1.29, 1.82) is 0 Å². The van der Waals surface area contributed by atoms with Gasteiger partial charge in [0, 0.05) is 23.2 Å². The summed E-state index contributed by atoms with van der Waals surface area (Å²) in [5, 5.41) is 10.9. The van der Waals surface area contributed by atoms with E-state index in [1.165, 1.54) is 6.08 Å². The Kier molecular flexibility index (Phi) is 4.42. The van der Waals surface area contributed by atoms with Crippen molar-refractivity contribution in [2.75, 3.05) is 11.9 Å². The van der Waals surface area contributed by atoms with Crippen LogP contribution in [0.25, 0.3) is 0 Å². The normalized spacial score (nSPS) is 10.7. The van der Waals surface area contributed by atoms with Gasteiger partial charge in [-0.2, -0.15) is 0 Å². The third kappa shape index (κ3) is 3.62. The van der Waals surface area contributed by atoms with E-state index in [-0.39, 0.29) is 16.7 Å². The summed E-state index contributed by atoms with van der Waals surface area (Å²) in [5.74, 6) is -2.51. The summed E-state index contributed by atoms with van der Waals surface area (Å²) in [6, 6.07) is 1.86. The van der Waals surface area contributed by atoms with Crippen molar-refractivity contribution >= 4 is 27.6 Å². The largest absolute Gasteiger partial charge is 0.478 e. The van der Waals surface area contributed by atoms with Crippen LogP contribution < -0.4 is 5.32 Å². The number of nitrogens with one attached hydrogen (secondary N) is 1. The Labute approximate surface area is 98.9 Å². The first-order valence-electron chi connectivity index (χ1n) is 4.28. The van der Waals surface area contributed by atoms with E-state index in [0.29, 0.717) is 0 Å². The van der Waals surface area contributed by atoms with Crippen molar-refractivity contribution < 1.29 is 18.7 Å². The summed E-state index contributed by atoms with van der Waals surface area (Å²) in [6.07, 6.45) is 2.25. The molecule has 0 aromatic heterocycles. The van der Waals surface area contributed by atoms with Gasteiger partial charge in [-0.05, 0) is 22.0 Å². The van der Waals surface area contributed by atoms with Crippen molar-refractivity contribution in [3.05, 3.63) is 40.4 Å². The van der Waals surface area contributed by atoms with Gasteiger partial charge in [0.1, 0.15) is 11.6 Å². The average molecular weight is 292 g/mol. The molecule has 1 aromatic rings. The topological polar surface area (TPSA) is 49.3 Å². The first-order valence-corrected chi connectivity index (χ1v) is 5.08. The lowest BCUT2D eigenvalue weighted by atomic mass is 10.3. The van der Waals surface area contributed by atoms with Crippen molar-refractivity contribution in [2.24, 2.45) is 0 Å². The molecule has 0 aliphatic rings. The fourth-order valence-electron chi connectivity index (χ4n) is 1.03. The van der Waals surface area contributed by atoms with Gasteiger partial charge in [0.05, 0.1) is 5.69 Å². The highest BCUT2D eigenvalue weighted by atomic mass is 79.9. The number of aliphatic carboxylic acids is 1. The summed E-state index contributed by atoms with van der Waals surface area (Å²) in [6.45, 7) is 0.132. The highest BCUT2D eigenvalue weighted by Crippen LogP contribution is 2.26. The number of benzene rings is 1. The molecule has 86 valence electrons. The molecule has 1 rings (SSSR count). The van der Waals surface area contributed by atoms with E-state index >= 15 is 0 Å². The van der Waals surface area contributed by atoms with Crippen molar-refractivity contribution in [2.45, 2.75) is 0 Å². The molecule has 0 atom stereocenters. The molecule has 0 fully saturated rings. The van der Waals surface area contributed by atoms with Gasteiger partial charge in [0.25, 0.3) is 0 Å². The molecule has 0 unspecified atom stereocenters. The predicted molar refractivity (Wildman–Crippen MR) is 59.3 cm³/mol. The number of carboxylic acid groups (broad SMARTS) is 1. The van der Waals surface area contributed by atoms with Gasteiger partial charge in [-0.25, -0.2) is 13.6 Å². The van der Waals surface area contributed by atoms with E-state index in [1.54, 1.807) is 0 Å². The monoisotopic (exact) mass is 291 g/mol. The second-order valence-electron chi connectivity index (χ2n) is 2.87. The van der Waals surface area contributed by atoms with E-state index in [1.807, 2.05) is 0 Å². The van der Waals surface area contributed by atoms with Gasteiger partial charge in [-0.15, -0.1) is 0 Å². The Morgan fingerprint density at radius 1 is 1.50 bits per heavy atom. The van der Waals surface area contributed by atoms with Crippen molar-refractivity contribution in [3.8, 4) is 0 Å². The summed E-state index contributed by atoms with van der Waals surface area (Å²) in [5.41, 5.74) is 0.0939. The van der Waals surface area contributed by atoms with Crippen LogP contribution in [0.15, 0.2) is 28.8 Å². The molecule has 1 aromatic carbocycles. The minimum absolute atomic E-state index is 0.0939. The SMILES string of the molecule is O=C(O)/C=C/CNc1c(F)cc(F)cc1Br. The molecule has 6 heteroatoms. The van der Waals surface area contributed by atoms with Gasteiger partial charge in [-0.1, -0.05) is 6.08 Å². The highest BCUT2D eigenvalue weighted by molar-refractivity contribution is 9.10. The fourth-order valence-corrected chi connectivity index (χ4v) is 1.58. The van der Waals surface area contributed by atoms with Gasteiger partial charge < -0.3 is 10.4 Å². The molecule has 2 N–H and O–H groups in total. The molecule has 0 radical (unpaired) electrons. The third-order valence-electron chi connectivity index (χ3n) is 1.66. The molecule has 0 spiro atoms. The molecule has 3 nitrogen and oxygen atoms in total. The second-order valence-corrected chi connectivity index (χ2v) is 3.72. The van der Waals surface area contributed by atoms with Crippen molar-refractivity contribution in [1.82, 2.24) is 0 Å². The molecular weight excluding hydrogens is 284 g/mol. The molecule has 0 aliphatic heterocycles. The second kappa shape index (κ2) is 5.60. The van der Waals surface area contributed by atoms with Crippen LogP contribution >= 0.6 is 15.9 Å². The fraction of sp³-hybridized carbons (Fsp3) is 0.100. The number of hydrogen-bond acceptors (Lipinski definition) is 2. The van der Waals surface area contributed by atoms with Gasteiger partial charge in [-0.3, -0.25) is 0 Å². The molecule has 0 saturated heterocycles. The maximum absolute atomic E-state index is 13.2. The Hall–Kier alpha value is -1.43. The standard InChI is InChI=1S/C10H8BrF2NO2/c11-7-4-6(12)5-8(13)10(7)14-3-1-2-9(15)16/h1-2,4-5,14H,3H2,(H,15,16)/b2-1+. The van der Waals surface area contributed by atoms with E-state index in [2.05, 4.69) is 21.2 Å². The molecule has 0 aliphatic carbocycles. The summed E-state index contributed by atoms with van der Waals surface area (Å²) in [7, 11) is 0. The molecule has 16 heavy (non-hydrogen) atoms. The lowest BCUT2D eigenvalue weighted by Crippen LogP contribution is -2.03. The van der Waals surface area contributed by atoms with Crippen LogP contribution in [0.3, 0.4) is 0 Å². The lowest BCUT2D eigenvalue weighted by molar-refractivity contribution is -0.131. The van der Waals surface area contributed by atoms with Crippen LogP contribution in [0.2, 0.25) is 0 Å².